The first-order valence-electron chi connectivity index (χ1n) is 7.26. The predicted molar refractivity (Wildman–Crippen MR) is 85.3 cm³/mol. The molecule has 4 heteroatoms. The molecule has 1 aliphatic rings. The Balaban J connectivity index is 1.64. The number of carbonyl (C=O) groups is 1. The average molecular weight is 288 g/mol. The normalized spacial score (nSPS) is 22.2. The van der Waals surface area contributed by atoms with Crippen LogP contribution in [0.2, 0.25) is 0 Å². The number of H-pyrrole nitrogens is 1. The predicted octanol–water partition coefficient (Wildman–Crippen LogP) is 3.57. The SMILES string of the molecule is CCSC1CCC(NC(=O)c2cc3ccccc3[nH]2)C1. The number of fused-ring (bicyclic) bond motifs is 1. The number of aromatic nitrogens is 1. The van der Waals surface area contributed by atoms with Crippen LogP contribution in [0.25, 0.3) is 10.9 Å². The molecule has 2 N–H and O–H groups in total. The van der Waals surface area contributed by atoms with E-state index in [-0.39, 0.29) is 5.91 Å². The summed E-state index contributed by atoms with van der Waals surface area (Å²) >= 11 is 2.01. The lowest BCUT2D eigenvalue weighted by atomic mass is 10.2. The molecule has 20 heavy (non-hydrogen) atoms. The van der Waals surface area contributed by atoms with Gasteiger partial charge in [-0.1, -0.05) is 25.1 Å². The van der Waals surface area contributed by atoms with Gasteiger partial charge < -0.3 is 10.3 Å². The van der Waals surface area contributed by atoms with Gasteiger partial charge in [0.1, 0.15) is 5.69 Å². The molecule has 3 rings (SSSR count). The molecule has 0 aliphatic heterocycles. The van der Waals surface area contributed by atoms with Crippen molar-refractivity contribution in [3.05, 3.63) is 36.0 Å². The molecule has 1 heterocycles. The van der Waals surface area contributed by atoms with Crippen LogP contribution in [0.1, 0.15) is 36.7 Å². The maximum absolute atomic E-state index is 12.3. The largest absolute Gasteiger partial charge is 0.351 e. The smallest absolute Gasteiger partial charge is 0.267 e. The molecule has 0 bridgehead atoms. The molecular weight excluding hydrogens is 268 g/mol. The number of carbonyl (C=O) groups excluding carboxylic acids is 1. The number of nitrogens with one attached hydrogen (secondary N) is 2. The van der Waals surface area contributed by atoms with Gasteiger partial charge in [0, 0.05) is 22.2 Å². The third kappa shape index (κ3) is 2.85. The number of hydrogen-bond acceptors (Lipinski definition) is 2. The van der Waals surface area contributed by atoms with Crippen LogP contribution < -0.4 is 5.32 Å². The van der Waals surface area contributed by atoms with Gasteiger partial charge in [0.05, 0.1) is 0 Å². The molecule has 2 aromatic rings. The van der Waals surface area contributed by atoms with E-state index in [0.29, 0.717) is 17.0 Å². The van der Waals surface area contributed by atoms with E-state index in [4.69, 9.17) is 0 Å². The second-order valence-electron chi connectivity index (χ2n) is 5.33. The van der Waals surface area contributed by atoms with Gasteiger partial charge in [-0.15, -0.1) is 0 Å². The van der Waals surface area contributed by atoms with Crippen LogP contribution in [0.5, 0.6) is 0 Å². The molecule has 3 nitrogen and oxygen atoms in total. The summed E-state index contributed by atoms with van der Waals surface area (Å²) < 4.78 is 0. The monoisotopic (exact) mass is 288 g/mol. The Hall–Kier alpha value is -1.42. The van der Waals surface area contributed by atoms with Gasteiger partial charge in [0.15, 0.2) is 0 Å². The van der Waals surface area contributed by atoms with E-state index in [1.54, 1.807) is 0 Å². The summed E-state index contributed by atoms with van der Waals surface area (Å²) in [5.74, 6) is 1.18. The van der Waals surface area contributed by atoms with E-state index in [2.05, 4.69) is 17.2 Å². The van der Waals surface area contributed by atoms with Crippen LogP contribution in [0, 0.1) is 0 Å². The molecule has 1 fully saturated rings. The van der Waals surface area contributed by atoms with E-state index in [1.807, 2.05) is 42.1 Å². The van der Waals surface area contributed by atoms with Crippen molar-refractivity contribution >= 4 is 28.6 Å². The fourth-order valence-corrected chi connectivity index (χ4v) is 4.06. The highest BCUT2D eigenvalue weighted by molar-refractivity contribution is 7.99. The van der Waals surface area contributed by atoms with Gasteiger partial charge in [0.2, 0.25) is 0 Å². The topological polar surface area (TPSA) is 44.9 Å². The first kappa shape index (κ1) is 13.6. The fourth-order valence-electron chi connectivity index (χ4n) is 2.92. The first-order valence-corrected chi connectivity index (χ1v) is 8.31. The number of hydrogen-bond donors (Lipinski definition) is 2. The van der Waals surface area contributed by atoms with E-state index in [0.717, 1.165) is 29.5 Å². The number of thioether (sulfide) groups is 1. The van der Waals surface area contributed by atoms with E-state index in [9.17, 15) is 4.79 Å². The van der Waals surface area contributed by atoms with Crippen LogP contribution in [0.15, 0.2) is 30.3 Å². The van der Waals surface area contributed by atoms with Gasteiger partial charge in [-0.3, -0.25) is 4.79 Å². The first-order chi connectivity index (χ1) is 9.76. The fraction of sp³-hybridized carbons (Fsp3) is 0.438. The number of rotatable bonds is 4. The van der Waals surface area contributed by atoms with E-state index < -0.39 is 0 Å². The summed E-state index contributed by atoms with van der Waals surface area (Å²) in [6.07, 6.45) is 3.42. The van der Waals surface area contributed by atoms with Crippen LogP contribution >= 0.6 is 11.8 Å². The number of benzene rings is 1. The third-order valence-electron chi connectivity index (χ3n) is 3.90. The van der Waals surface area contributed by atoms with Crippen molar-refractivity contribution in [3.63, 3.8) is 0 Å². The maximum Gasteiger partial charge on any atom is 0.267 e. The maximum atomic E-state index is 12.3. The summed E-state index contributed by atoms with van der Waals surface area (Å²) in [5, 5.41) is 4.96. The summed E-state index contributed by atoms with van der Waals surface area (Å²) in [5.41, 5.74) is 1.68. The van der Waals surface area contributed by atoms with Crippen molar-refractivity contribution in [1.82, 2.24) is 10.3 Å². The number of aromatic amines is 1. The Kier molecular flexibility index (Phi) is 4.01. The highest BCUT2D eigenvalue weighted by Crippen LogP contribution is 2.29. The second-order valence-corrected chi connectivity index (χ2v) is 6.91. The van der Waals surface area contributed by atoms with Gasteiger partial charge in [0.25, 0.3) is 5.91 Å². The minimum atomic E-state index is 0.0216. The Morgan fingerprint density at radius 1 is 1.40 bits per heavy atom. The Morgan fingerprint density at radius 3 is 3.05 bits per heavy atom. The molecule has 1 amide bonds. The minimum absolute atomic E-state index is 0.0216. The third-order valence-corrected chi connectivity index (χ3v) is 5.13. The zero-order chi connectivity index (χ0) is 13.9. The molecule has 0 saturated heterocycles. The van der Waals surface area contributed by atoms with Crippen molar-refractivity contribution in [1.29, 1.82) is 0 Å². The summed E-state index contributed by atoms with van der Waals surface area (Å²) in [4.78, 5) is 15.5. The van der Waals surface area contributed by atoms with Crippen molar-refractivity contribution in [3.8, 4) is 0 Å². The standard InChI is InChI=1S/C16H20N2OS/c1-2-20-13-8-7-12(10-13)17-16(19)15-9-11-5-3-4-6-14(11)18-15/h3-6,9,12-13,18H,2,7-8,10H2,1H3,(H,17,19). The second kappa shape index (κ2) is 5.92. The molecular formula is C16H20N2OS. The molecule has 1 aliphatic carbocycles. The summed E-state index contributed by atoms with van der Waals surface area (Å²) in [6, 6.07) is 10.2. The van der Waals surface area contributed by atoms with E-state index in [1.165, 1.54) is 6.42 Å². The van der Waals surface area contributed by atoms with Gasteiger partial charge in [-0.25, -0.2) is 0 Å². The lowest BCUT2D eigenvalue weighted by molar-refractivity contribution is 0.0934. The number of amides is 1. The highest BCUT2D eigenvalue weighted by atomic mass is 32.2. The Morgan fingerprint density at radius 2 is 2.25 bits per heavy atom. The molecule has 0 radical (unpaired) electrons. The average Bonchev–Trinajstić information content (AvgIpc) is 3.05. The van der Waals surface area contributed by atoms with Crippen molar-refractivity contribution in [2.24, 2.45) is 0 Å². The lowest BCUT2D eigenvalue weighted by Crippen LogP contribution is -2.33. The molecule has 2 unspecified atom stereocenters. The Bertz CT molecular complexity index is 574. The molecule has 2 atom stereocenters. The van der Waals surface area contributed by atoms with Crippen molar-refractivity contribution in [2.45, 2.75) is 37.5 Å². The van der Waals surface area contributed by atoms with Gasteiger partial charge in [-0.05, 0) is 37.1 Å². The minimum Gasteiger partial charge on any atom is -0.351 e. The quantitative estimate of drug-likeness (QED) is 0.903. The molecule has 106 valence electrons. The zero-order valence-electron chi connectivity index (χ0n) is 11.7. The zero-order valence-corrected chi connectivity index (χ0v) is 12.5. The van der Waals surface area contributed by atoms with Crippen LogP contribution in [0.3, 0.4) is 0 Å². The van der Waals surface area contributed by atoms with Crippen LogP contribution in [-0.4, -0.2) is 27.9 Å². The van der Waals surface area contributed by atoms with Crippen LogP contribution in [-0.2, 0) is 0 Å². The van der Waals surface area contributed by atoms with Crippen molar-refractivity contribution < 1.29 is 4.79 Å². The highest BCUT2D eigenvalue weighted by Gasteiger charge is 2.26. The summed E-state index contributed by atoms with van der Waals surface area (Å²) in [7, 11) is 0. The lowest BCUT2D eigenvalue weighted by Gasteiger charge is -2.12. The Labute approximate surface area is 123 Å². The number of para-hydroxylation sites is 1. The molecule has 0 spiro atoms. The van der Waals surface area contributed by atoms with Crippen LogP contribution in [0.4, 0.5) is 0 Å². The van der Waals surface area contributed by atoms with Crippen molar-refractivity contribution in [2.75, 3.05) is 5.75 Å². The summed E-state index contributed by atoms with van der Waals surface area (Å²) in [6.45, 7) is 2.20. The van der Waals surface area contributed by atoms with Gasteiger partial charge >= 0.3 is 0 Å². The molecule has 1 aromatic heterocycles. The molecule has 1 aromatic carbocycles. The molecule has 1 saturated carbocycles. The van der Waals surface area contributed by atoms with E-state index >= 15 is 0 Å². The van der Waals surface area contributed by atoms with Gasteiger partial charge in [-0.2, -0.15) is 11.8 Å².